The summed E-state index contributed by atoms with van der Waals surface area (Å²) in [7, 11) is 1.66. The zero-order valence-corrected chi connectivity index (χ0v) is 12.5. The summed E-state index contributed by atoms with van der Waals surface area (Å²) in [5.74, 6) is 0.656. The molecule has 0 bridgehead atoms. The lowest BCUT2D eigenvalue weighted by atomic mass is 10.1. The number of hydrogen-bond donors (Lipinski definition) is 1. The maximum Gasteiger partial charge on any atom is 0.328 e. The van der Waals surface area contributed by atoms with E-state index in [0.29, 0.717) is 0 Å². The van der Waals surface area contributed by atoms with Crippen LogP contribution in [0.5, 0.6) is 5.75 Å². The number of carboxylic acids is 1. The monoisotopic (exact) mass is 300 g/mol. The first-order chi connectivity index (χ1) is 10.2. The third-order valence-electron chi connectivity index (χ3n) is 2.91. The van der Waals surface area contributed by atoms with Gasteiger partial charge in [-0.25, -0.2) is 4.79 Å². The van der Waals surface area contributed by atoms with E-state index in [0.717, 1.165) is 33.6 Å². The van der Waals surface area contributed by atoms with Gasteiger partial charge in [-0.3, -0.25) is 0 Å². The lowest BCUT2D eigenvalue weighted by Gasteiger charge is -2.09. The maximum absolute atomic E-state index is 10.6. The van der Waals surface area contributed by atoms with Crippen LogP contribution in [0.15, 0.2) is 59.5 Å². The zero-order chi connectivity index (χ0) is 15.1. The molecule has 0 unspecified atom stereocenters. The lowest BCUT2D eigenvalue weighted by Crippen LogP contribution is -1.90. The number of para-hydroxylation sites is 1. The number of benzene rings is 2. The third-order valence-corrected chi connectivity index (χ3v) is 4.02. The van der Waals surface area contributed by atoms with Crippen molar-refractivity contribution in [1.29, 1.82) is 0 Å². The highest BCUT2D eigenvalue weighted by molar-refractivity contribution is 7.98. The highest BCUT2D eigenvalue weighted by Gasteiger charge is 2.05. The number of carboxylic acid groups (broad SMARTS) is 1. The van der Waals surface area contributed by atoms with E-state index in [1.54, 1.807) is 24.9 Å². The van der Waals surface area contributed by atoms with Crippen LogP contribution in [0.3, 0.4) is 0 Å². The summed E-state index contributed by atoms with van der Waals surface area (Å²) < 4.78 is 5.33. The van der Waals surface area contributed by atoms with Crippen LogP contribution in [0.2, 0.25) is 0 Å². The molecule has 0 amide bonds. The smallest absolute Gasteiger partial charge is 0.328 e. The molecule has 2 aromatic rings. The maximum atomic E-state index is 10.6. The molecule has 0 atom stereocenters. The molecule has 108 valence electrons. The molecule has 4 heteroatoms. The summed E-state index contributed by atoms with van der Waals surface area (Å²) in [6.45, 7) is 0. The van der Waals surface area contributed by atoms with Gasteiger partial charge in [0.25, 0.3) is 0 Å². The summed E-state index contributed by atoms with van der Waals surface area (Å²) in [5.41, 5.74) is 2.01. The molecule has 2 aromatic carbocycles. The van der Waals surface area contributed by atoms with Crippen LogP contribution in [0.25, 0.3) is 6.08 Å². The number of ether oxygens (including phenoxy) is 1. The average molecular weight is 300 g/mol. The summed E-state index contributed by atoms with van der Waals surface area (Å²) in [4.78, 5) is 11.7. The van der Waals surface area contributed by atoms with Crippen molar-refractivity contribution >= 4 is 23.8 Å². The van der Waals surface area contributed by atoms with E-state index in [-0.39, 0.29) is 0 Å². The number of hydrogen-bond acceptors (Lipinski definition) is 3. The van der Waals surface area contributed by atoms with Crippen molar-refractivity contribution in [3.8, 4) is 5.75 Å². The van der Waals surface area contributed by atoms with Crippen molar-refractivity contribution in [3.63, 3.8) is 0 Å². The first-order valence-electron chi connectivity index (χ1n) is 6.45. The molecule has 0 saturated carbocycles. The molecule has 0 aliphatic heterocycles. The van der Waals surface area contributed by atoms with Crippen LogP contribution in [-0.2, 0) is 10.5 Å². The summed E-state index contributed by atoms with van der Waals surface area (Å²) in [5, 5.41) is 8.73. The van der Waals surface area contributed by atoms with E-state index in [9.17, 15) is 4.79 Å². The largest absolute Gasteiger partial charge is 0.496 e. The molecule has 3 nitrogen and oxygen atoms in total. The average Bonchev–Trinajstić information content (AvgIpc) is 2.51. The van der Waals surface area contributed by atoms with Gasteiger partial charge in [0.15, 0.2) is 0 Å². The molecule has 21 heavy (non-hydrogen) atoms. The zero-order valence-electron chi connectivity index (χ0n) is 11.7. The van der Waals surface area contributed by atoms with E-state index in [1.807, 2.05) is 48.5 Å². The molecule has 0 radical (unpaired) electrons. The fraction of sp³-hybridized carbons (Fsp3) is 0.118. The molecule has 0 aromatic heterocycles. The normalized spacial score (nSPS) is 10.7. The second-order valence-electron chi connectivity index (χ2n) is 4.31. The molecule has 0 aliphatic rings. The Morgan fingerprint density at radius 1 is 1.19 bits per heavy atom. The van der Waals surface area contributed by atoms with Crippen molar-refractivity contribution in [2.24, 2.45) is 0 Å². The fourth-order valence-electron chi connectivity index (χ4n) is 1.88. The van der Waals surface area contributed by atoms with Gasteiger partial charge in [-0.2, -0.15) is 0 Å². The van der Waals surface area contributed by atoms with Crippen molar-refractivity contribution in [2.45, 2.75) is 10.6 Å². The fourth-order valence-corrected chi connectivity index (χ4v) is 2.93. The van der Waals surface area contributed by atoms with Crippen LogP contribution in [-0.4, -0.2) is 18.2 Å². The van der Waals surface area contributed by atoms with Gasteiger partial charge in [0.2, 0.25) is 0 Å². The Labute approximate surface area is 128 Å². The molecular formula is C17H16O3S. The van der Waals surface area contributed by atoms with E-state index in [4.69, 9.17) is 9.84 Å². The minimum Gasteiger partial charge on any atom is -0.496 e. The van der Waals surface area contributed by atoms with Crippen molar-refractivity contribution in [2.75, 3.05) is 7.11 Å². The quantitative estimate of drug-likeness (QED) is 0.645. The third kappa shape index (κ3) is 4.39. The van der Waals surface area contributed by atoms with Gasteiger partial charge >= 0.3 is 5.97 Å². The van der Waals surface area contributed by atoms with Crippen LogP contribution in [0.1, 0.15) is 11.1 Å². The molecule has 0 spiro atoms. The highest BCUT2D eigenvalue weighted by Crippen LogP contribution is 2.32. The number of carbonyl (C=O) groups is 1. The van der Waals surface area contributed by atoms with Crippen LogP contribution >= 0.6 is 11.8 Å². The molecule has 0 saturated heterocycles. The molecule has 0 heterocycles. The first kappa shape index (κ1) is 15.2. The van der Waals surface area contributed by atoms with Crippen LogP contribution < -0.4 is 4.74 Å². The number of thioether (sulfide) groups is 1. The minimum absolute atomic E-state index is 0.751. The van der Waals surface area contributed by atoms with Crippen molar-refractivity contribution in [3.05, 3.63) is 65.7 Å². The van der Waals surface area contributed by atoms with Gasteiger partial charge in [0.05, 0.1) is 7.11 Å². The predicted molar refractivity (Wildman–Crippen MR) is 85.7 cm³/mol. The van der Waals surface area contributed by atoms with Gasteiger partial charge in [0, 0.05) is 16.7 Å². The molecule has 2 rings (SSSR count). The van der Waals surface area contributed by atoms with Gasteiger partial charge < -0.3 is 9.84 Å². The second kappa shape index (κ2) is 7.55. The van der Waals surface area contributed by atoms with Crippen LogP contribution in [0, 0.1) is 0 Å². The topological polar surface area (TPSA) is 46.5 Å². The van der Waals surface area contributed by atoms with Crippen LogP contribution in [0.4, 0.5) is 0 Å². The Morgan fingerprint density at radius 3 is 2.67 bits per heavy atom. The highest BCUT2D eigenvalue weighted by atomic mass is 32.2. The van der Waals surface area contributed by atoms with Gasteiger partial charge in [0.1, 0.15) is 5.75 Å². The second-order valence-corrected chi connectivity index (χ2v) is 5.33. The van der Waals surface area contributed by atoms with Gasteiger partial charge in [-0.1, -0.05) is 36.4 Å². The molecule has 0 aliphatic carbocycles. The number of rotatable bonds is 6. The standard InChI is InChI=1S/C17H16O3S/c1-20-15-8-4-5-9-16(15)21-12-14-7-3-2-6-13(14)10-11-17(18)19/h2-11H,12H2,1H3,(H,18,19). The Bertz CT molecular complexity index is 650. The molecule has 0 fully saturated rings. The van der Waals surface area contributed by atoms with E-state index < -0.39 is 5.97 Å². The Morgan fingerprint density at radius 2 is 1.90 bits per heavy atom. The SMILES string of the molecule is COc1ccccc1SCc1ccccc1C=CC(=O)O. The summed E-state index contributed by atoms with van der Waals surface area (Å²) in [6, 6.07) is 15.6. The van der Waals surface area contributed by atoms with Gasteiger partial charge in [-0.05, 0) is 29.3 Å². The predicted octanol–water partition coefficient (Wildman–Crippen LogP) is 4.09. The first-order valence-corrected chi connectivity index (χ1v) is 7.44. The molecular weight excluding hydrogens is 284 g/mol. The summed E-state index contributed by atoms with van der Waals surface area (Å²) >= 11 is 1.67. The Hall–Kier alpha value is -2.20. The minimum atomic E-state index is -0.942. The van der Waals surface area contributed by atoms with Crippen molar-refractivity contribution < 1.29 is 14.6 Å². The lowest BCUT2D eigenvalue weighted by molar-refractivity contribution is -0.131. The summed E-state index contributed by atoms with van der Waals surface area (Å²) in [6.07, 6.45) is 2.78. The van der Waals surface area contributed by atoms with Crippen molar-refractivity contribution in [1.82, 2.24) is 0 Å². The Kier molecular flexibility index (Phi) is 5.46. The van der Waals surface area contributed by atoms with E-state index >= 15 is 0 Å². The Balaban J connectivity index is 2.15. The van der Waals surface area contributed by atoms with Gasteiger partial charge in [-0.15, -0.1) is 11.8 Å². The van der Waals surface area contributed by atoms with E-state index in [2.05, 4.69) is 0 Å². The number of methoxy groups -OCH3 is 1. The molecule has 1 N–H and O–H groups in total. The number of aliphatic carboxylic acids is 1. The van der Waals surface area contributed by atoms with E-state index in [1.165, 1.54) is 0 Å².